The highest BCUT2D eigenvalue weighted by Gasteiger charge is 2.36. The van der Waals surface area contributed by atoms with Gasteiger partial charge in [-0.2, -0.15) is 0 Å². The number of ether oxygens (including phenoxy) is 1. The lowest BCUT2D eigenvalue weighted by Crippen LogP contribution is -2.39. The zero-order chi connectivity index (χ0) is 20.1. The fraction of sp³-hybridized carbons (Fsp3) is 0.167. The molecule has 29 heavy (non-hydrogen) atoms. The number of anilines is 1. The van der Waals surface area contributed by atoms with Crippen molar-refractivity contribution in [3.8, 4) is 0 Å². The molecule has 0 fully saturated rings. The molecule has 0 bridgehead atoms. The maximum absolute atomic E-state index is 12.9. The summed E-state index contributed by atoms with van der Waals surface area (Å²) in [6, 6.07) is 26.7. The lowest BCUT2D eigenvalue weighted by Gasteiger charge is -2.24. The van der Waals surface area contributed by atoms with Crippen LogP contribution in [0.4, 0.5) is 10.5 Å². The second-order valence-corrected chi connectivity index (χ2v) is 8.02. The van der Waals surface area contributed by atoms with Gasteiger partial charge in [0.1, 0.15) is 6.61 Å². The highest BCUT2D eigenvalue weighted by Crippen LogP contribution is 2.35. The van der Waals surface area contributed by atoms with Crippen LogP contribution in [0.2, 0.25) is 0 Å². The molecule has 146 valence electrons. The van der Waals surface area contributed by atoms with Gasteiger partial charge in [-0.15, -0.1) is 0 Å². The Hall–Kier alpha value is -3.05. The van der Waals surface area contributed by atoms with Crippen molar-refractivity contribution in [2.75, 3.05) is 4.90 Å². The molecule has 1 atom stereocenters. The first-order valence-electron chi connectivity index (χ1n) is 9.54. The molecule has 0 saturated heterocycles. The highest BCUT2D eigenvalue weighted by molar-refractivity contribution is 8.13. The van der Waals surface area contributed by atoms with Gasteiger partial charge in [-0.1, -0.05) is 78.5 Å². The number of thioether (sulfide) groups is 1. The topological polar surface area (TPSA) is 46.6 Å². The third-order valence-corrected chi connectivity index (χ3v) is 5.75. The zero-order valence-electron chi connectivity index (χ0n) is 15.9. The summed E-state index contributed by atoms with van der Waals surface area (Å²) >= 11 is 1.22. The van der Waals surface area contributed by atoms with Crippen LogP contribution in [0.1, 0.15) is 17.5 Å². The average Bonchev–Trinajstić information content (AvgIpc) is 3.11. The summed E-state index contributed by atoms with van der Waals surface area (Å²) in [6.07, 6.45) is 0.508. The Labute approximate surface area is 174 Å². The van der Waals surface area contributed by atoms with Gasteiger partial charge in [-0.3, -0.25) is 9.69 Å². The van der Waals surface area contributed by atoms with Gasteiger partial charge < -0.3 is 4.74 Å². The van der Waals surface area contributed by atoms with Gasteiger partial charge in [-0.25, -0.2) is 4.79 Å². The number of benzene rings is 3. The Kier molecular flexibility index (Phi) is 5.96. The third kappa shape index (κ3) is 4.69. The average molecular weight is 404 g/mol. The summed E-state index contributed by atoms with van der Waals surface area (Å²) in [5, 5.41) is 0.0369. The first-order chi connectivity index (χ1) is 14.2. The second kappa shape index (κ2) is 8.97. The predicted octanol–water partition coefficient (Wildman–Crippen LogP) is 5.46. The van der Waals surface area contributed by atoms with E-state index in [-0.39, 0.29) is 24.2 Å². The Balaban J connectivity index is 1.47. The molecule has 1 amide bonds. The van der Waals surface area contributed by atoms with E-state index in [1.807, 2.05) is 84.9 Å². The summed E-state index contributed by atoms with van der Waals surface area (Å²) in [5.74, 6) is 0. The van der Waals surface area contributed by atoms with Crippen molar-refractivity contribution in [3.05, 3.63) is 96.1 Å². The SMILES string of the molecule is O=C(C[C@H]1Cc2ccccc2N1C(=O)OCc1ccccc1)Sc1ccccc1. The Morgan fingerprint density at radius 2 is 1.55 bits per heavy atom. The van der Waals surface area contributed by atoms with Gasteiger partial charge in [0.2, 0.25) is 0 Å². The smallest absolute Gasteiger partial charge is 0.414 e. The van der Waals surface area contributed by atoms with E-state index in [1.54, 1.807) is 4.90 Å². The van der Waals surface area contributed by atoms with Gasteiger partial charge >= 0.3 is 6.09 Å². The quantitative estimate of drug-likeness (QED) is 0.531. The largest absolute Gasteiger partial charge is 0.444 e. The van der Waals surface area contributed by atoms with Crippen molar-refractivity contribution >= 4 is 28.7 Å². The summed E-state index contributed by atoms with van der Waals surface area (Å²) in [6.45, 7) is 0.206. The van der Waals surface area contributed by atoms with E-state index >= 15 is 0 Å². The molecule has 1 heterocycles. The lowest BCUT2D eigenvalue weighted by atomic mass is 10.1. The van der Waals surface area contributed by atoms with Crippen molar-refractivity contribution in [2.24, 2.45) is 0 Å². The minimum absolute atomic E-state index is 0.0369. The van der Waals surface area contributed by atoms with Crippen molar-refractivity contribution in [1.82, 2.24) is 0 Å². The van der Waals surface area contributed by atoms with Crippen LogP contribution in [0.25, 0.3) is 0 Å². The van der Waals surface area contributed by atoms with Crippen LogP contribution < -0.4 is 4.90 Å². The molecule has 0 unspecified atom stereocenters. The first kappa shape index (κ1) is 19.3. The number of carbonyl (C=O) groups is 2. The van der Waals surface area contributed by atoms with E-state index in [2.05, 4.69) is 0 Å². The van der Waals surface area contributed by atoms with E-state index in [1.165, 1.54) is 11.8 Å². The summed E-state index contributed by atoms with van der Waals surface area (Å²) in [4.78, 5) is 28.1. The number of amides is 1. The van der Waals surface area contributed by atoms with Crippen LogP contribution in [-0.2, 0) is 22.6 Å². The van der Waals surface area contributed by atoms with Crippen LogP contribution in [0, 0.1) is 0 Å². The molecule has 3 aromatic rings. The maximum atomic E-state index is 12.9. The molecule has 0 saturated carbocycles. The minimum atomic E-state index is -0.415. The summed E-state index contributed by atoms with van der Waals surface area (Å²) in [5.41, 5.74) is 2.82. The van der Waals surface area contributed by atoms with Crippen molar-refractivity contribution in [2.45, 2.75) is 30.4 Å². The van der Waals surface area contributed by atoms with Crippen molar-refractivity contribution < 1.29 is 14.3 Å². The lowest BCUT2D eigenvalue weighted by molar-refractivity contribution is -0.111. The fourth-order valence-electron chi connectivity index (χ4n) is 3.51. The predicted molar refractivity (Wildman–Crippen MR) is 115 cm³/mol. The molecule has 0 aliphatic carbocycles. The standard InChI is InChI=1S/C24H21NO3S/c26-23(29-21-12-5-2-6-13-21)16-20-15-19-11-7-8-14-22(19)25(20)24(27)28-17-18-9-3-1-4-10-18/h1-14,20H,15-17H2/t20-/m1/s1. The Morgan fingerprint density at radius 3 is 2.31 bits per heavy atom. The molecule has 0 spiro atoms. The van der Waals surface area contributed by atoms with Crippen LogP contribution >= 0.6 is 11.8 Å². The normalized spacial score (nSPS) is 15.0. The minimum Gasteiger partial charge on any atom is -0.444 e. The number of rotatable bonds is 5. The Morgan fingerprint density at radius 1 is 0.897 bits per heavy atom. The highest BCUT2D eigenvalue weighted by atomic mass is 32.2. The maximum Gasteiger partial charge on any atom is 0.414 e. The molecule has 0 radical (unpaired) electrons. The van der Waals surface area contributed by atoms with E-state index in [9.17, 15) is 9.59 Å². The van der Waals surface area contributed by atoms with Gasteiger partial charge in [0.05, 0.1) is 11.7 Å². The van der Waals surface area contributed by atoms with Crippen LogP contribution in [0.15, 0.2) is 89.8 Å². The number of carbonyl (C=O) groups excluding carboxylic acids is 2. The number of nitrogens with zero attached hydrogens (tertiary/aromatic N) is 1. The van der Waals surface area contributed by atoms with Gasteiger partial charge in [0.25, 0.3) is 0 Å². The van der Waals surface area contributed by atoms with Crippen LogP contribution in [-0.4, -0.2) is 17.3 Å². The number of hydrogen-bond donors (Lipinski definition) is 0. The van der Waals surface area contributed by atoms with Crippen molar-refractivity contribution in [3.63, 3.8) is 0 Å². The fourth-order valence-corrected chi connectivity index (χ4v) is 4.35. The first-order valence-corrected chi connectivity index (χ1v) is 10.4. The number of hydrogen-bond acceptors (Lipinski definition) is 4. The number of fused-ring (bicyclic) bond motifs is 1. The molecule has 0 N–H and O–H groups in total. The van der Waals surface area contributed by atoms with Gasteiger partial charge in [0.15, 0.2) is 5.12 Å². The van der Waals surface area contributed by atoms with E-state index in [4.69, 9.17) is 4.74 Å². The summed E-state index contributed by atoms with van der Waals surface area (Å²) < 4.78 is 5.57. The van der Waals surface area contributed by atoms with E-state index < -0.39 is 6.09 Å². The van der Waals surface area contributed by atoms with E-state index in [0.717, 1.165) is 21.7 Å². The summed E-state index contributed by atoms with van der Waals surface area (Å²) in [7, 11) is 0. The van der Waals surface area contributed by atoms with Gasteiger partial charge in [0, 0.05) is 11.3 Å². The molecule has 0 aromatic heterocycles. The second-order valence-electron chi connectivity index (χ2n) is 6.89. The molecule has 3 aromatic carbocycles. The molecule has 4 rings (SSSR count). The number of para-hydroxylation sites is 1. The zero-order valence-corrected chi connectivity index (χ0v) is 16.7. The molecule has 4 nitrogen and oxygen atoms in total. The van der Waals surface area contributed by atoms with Crippen molar-refractivity contribution in [1.29, 1.82) is 0 Å². The molecule has 5 heteroatoms. The molecule has 1 aliphatic rings. The molecular formula is C24H21NO3S. The van der Waals surface area contributed by atoms with E-state index in [0.29, 0.717) is 6.42 Å². The molecule has 1 aliphatic heterocycles. The Bertz CT molecular complexity index is 991. The monoisotopic (exact) mass is 403 g/mol. The third-order valence-electron chi connectivity index (χ3n) is 4.85. The van der Waals surface area contributed by atoms with Crippen LogP contribution in [0.5, 0.6) is 0 Å². The van der Waals surface area contributed by atoms with Gasteiger partial charge in [-0.05, 0) is 35.7 Å². The van der Waals surface area contributed by atoms with Crippen LogP contribution in [0.3, 0.4) is 0 Å². The molecular weight excluding hydrogens is 382 g/mol.